The number of aliphatic hydroxyl groups excluding tert-OH is 1. The summed E-state index contributed by atoms with van der Waals surface area (Å²) >= 11 is 0. The van der Waals surface area contributed by atoms with Gasteiger partial charge in [0.25, 0.3) is 11.7 Å². The molecule has 1 aliphatic heterocycles. The van der Waals surface area contributed by atoms with Crippen LogP contribution in [0.2, 0.25) is 0 Å². The van der Waals surface area contributed by atoms with E-state index in [1.165, 1.54) is 4.90 Å². The zero-order valence-corrected chi connectivity index (χ0v) is 19.3. The first-order valence-electron chi connectivity index (χ1n) is 10.9. The summed E-state index contributed by atoms with van der Waals surface area (Å²) < 4.78 is 11.3. The molecule has 0 spiro atoms. The van der Waals surface area contributed by atoms with Crippen LogP contribution < -0.4 is 9.47 Å². The second-order valence-corrected chi connectivity index (χ2v) is 8.42. The van der Waals surface area contributed by atoms with Crippen LogP contribution >= 0.6 is 0 Å². The summed E-state index contributed by atoms with van der Waals surface area (Å²) in [7, 11) is 1.55. The van der Waals surface area contributed by atoms with E-state index in [1.54, 1.807) is 31.4 Å². The van der Waals surface area contributed by atoms with Crippen LogP contribution in [0.25, 0.3) is 5.76 Å². The molecule has 0 aromatic heterocycles. The van der Waals surface area contributed by atoms with Crippen molar-refractivity contribution in [3.8, 4) is 11.5 Å². The van der Waals surface area contributed by atoms with Gasteiger partial charge in [0.05, 0.1) is 25.3 Å². The third-order valence-corrected chi connectivity index (χ3v) is 5.46. The molecule has 2 aromatic rings. The molecule has 0 aliphatic carbocycles. The summed E-state index contributed by atoms with van der Waals surface area (Å²) in [6, 6.07) is 11.8. The average molecular weight is 438 g/mol. The van der Waals surface area contributed by atoms with E-state index >= 15 is 0 Å². The summed E-state index contributed by atoms with van der Waals surface area (Å²) in [5.41, 5.74) is 2.04. The fraction of sp³-hybridized carbons (Fsp3) is 0.385. The van der Waals surface area contributed by atoms with E-state index in [4.69, 9.17) is 9.47 Å². The summed E-state index contributed by atoms with van der Waals surface area (Å²) in [5.74, 6) is 0.166. The first kappa shape index (κ1) is 23.4. The van der Waals surface area contributed by atoms with E-state index in [9.17, 15) is 14.7 Å². The SMILES string of the molecule is CCCN1C(=O)C(=O)/C(=C(/O)c2ccc(OCC(C)C)c(C)c2)C1c1ccccc1OC. The average Bonchev–Trinajstić information content (AvgIpc) is 3.02. The number of aliphatic hydroxyl groups is 1. The van der Waals surface area contributed by atoms with Crippen molar-refractivity contribution in [2.24, 2.45) is 5.92 Å². The van der Waals surface area contributed by atoms with Crippen LogP contribution in [0.4, 0.5) is 0 Å². The lowest BCUT2D eigenvalue weighted by Crippen LogP contribution is -2.30. The third-order valence-electron chi connectivity index (χ3n) is 5.46. The van der Waals surface area contributed by atoms with Crippen molar-refractivity contribution < 1.29 is 24.2 Å². The van der Waals surface area contributed by atoms with E-state index in [0.717, 1.165) is 11.3 Å². The molecular formula is C26H31NO5. The Morgan fingerprint density at radius 3 is 2.47 bits per heavy atom. The molecule has 32 heavy (non-hydrogen) atoms. The van der Waals surface area contributed by atoms with Gasteiger partial charge in [-0.3, -0.25) is 9.59 Å². The van der Waals surface area contributed by atoms with E-state index in [-0.39, 0.29) is 11.3 Å². The van der Waals surface area contributed by atoms with E-state index in [0.29, 0.717) is 42.4 Å². The number of amides is 1. The van der Waals surface area contributed by atoms with Crippen LogP contribution in [-0.4, -0.2) is 42.0 Å². The highest BCUT2D eigenvalue weighted by Crippen LogP contribution is 2.42. The largest absolute Gasteiger partial charge is 0.507 e. The summed E-state index contributed by atoms with van der Waals surface area (Å²) in [6.45, 7) is 8.95. The van der Waals surface area contributed by atoms with Gasteiger partial charge in [0.1, 0.15) is 17.3 Å². The highest BCUT2D eigenvalue weighted by atomic mass is 16.5. The van der Waals surface area contributed by atoms with Gasteiger partial charge in [-0.05, 0) is 49.1 Å². The predicted octanol–water partition coefficient (Wildman–Crippen LogP) is 4.87. The van der Waals surface area contributed by atoms with Crippen LogP contribution in [-0.2, 0) is 9.59 Å². The number of carbonyl (C=O) groups excluding carboxylic acids is 2. The Bertz CT molecular complexity index is 1040. The zero-order valence-electron chi connectivity index (χ0n) is 19.3. The first-order valence-corrected chi connectivity index (χ1v) is 10.9. The van der Waals surface area contributed by atoms with Gasteiger partial charge in [-0.25, -0.2) is 0 Å². The number of likely N-dealkylation sites (tertiary alicyclic amines) is 1. The monoisotopic (exact) mass is 437 g/mol. The maximum atomic E-state index is 13.0. The Balaban J connectivity index is 2.12. The molecule has 0 bridgehead atoms. The fourth-order valence-electron chi connectivity index (χ4n) is 3.94. The molecule has 1 unspecified atom stereocenters. The predicted molar refractivity (Wildman–Crippen MR) is 124 cm³/mol. The maximum Gasteiger partial charge on any atom is 0.295 e. The van der Waals surface area contributed by atoms with Gasteiger partial charge in [0, 0.05) is 17.7 Å². The fourth-order valence-corrected chi connectivity index (χ4v) is 3.94. The highest BCUT2D eigenvalue weighted by molar-refractivity contribution is 6.46. The highest BCUT2D eigenvalue weighted by Gasteiger charge is 2.46. The van der Waals surface area contributed by atoms with E-state index in [1.807, 2.05) is 32.0 Å². The molecule has 0 radical (unpaired) electrons. The van der Waals surface area contributed by atoms with Crippen LogP contribution in [0.15, 0.2) is 48.0 Å². The minimum absolute atomic E-state index is 0.0724. The number of methoxy groups -OCH3 is 1. The van der Waals surface area contributed by atoms with E-state index < -0.39 is 17.7 Å². The Labute approximate surface area is 189 Å². The van der Waals surface area contributed by atoms with Gasteiger partial charge in [-0.2, -0.15) is 0 Å². The normalized spacial score (nSPS) is 17.8. The number of Topliss-reactive ketones (excluding diaryl/α,β-unsaturated/α-hetero) is 1. The number of hydrogen-bond donors (Lipinski definition) is 1. The van der Waals surface area contributed by atoms with Gasteiger partial charge < -0.3 is 19.5 Å². The van der Waals surface area contributed by atoms with Crippen molar-refractivity contribution in [3.05, 3.63) is 64.7 Å². The number of benzene rings is 2. The number of ether oxygens (including phenoxy) is 2. The van der Waals surface area contributed by atoms with Crippen molar-refractivity contribution in [2.75, 3.05) is 20.3 Å². The maximum absolute atomic E-state index is 13.0. The number of aryl methyl sites for hydroxylation is 1. The van der Waals surface area contributed by atoms with Crippen molar-refractivity contribution in [3.63, 3.8) is 0 Å². The second kappa shape index (κ2) is 9.90. The van der Waals surface area contributed by atoms with Crippen LogP contribution in [0.1, 0.15) is 49.9 Å². The molecular weight excluding hydrogens is 406 g/mol. The van der Waals surface area contributed by atoms with Crippen molar-refractivity contribution >= 4 is 17.4 Å². The molecule has 1 atom stereocenters. The lowest BCUT2D eigenvalue weighted by Gasteiger charge is -2.26. The molecule has 170 valence electrons. The molecule has 6 heteroatoms. The number of hydrogen-bond acceptors (Lipinski definition) is 5. The van der Waals surface area contributed by atoms with Crippen molar-refractivity contribution in [2.45, 2.75) is 40.2 Å². The van der Waals surface area contributed by atoms with Gasteiger partial charge in [0.15, 0.2) is 0 Å². The first-order chi connectivity index (χ1) is 15.3. The molecule has 1 heterocycles. The number of nitrogens with zero attached hydrogens (tertiary/aromatic N) is 1. The lowest BCUT2D eigenvalue weighted by atomic mass is 9.94. The van der Waals surface area contributed by atoms with Crippen LogP contribution in [0, 0.1) is 12.8 Å². The molecule has 6 nitrogen and oxygen atoms in total. The Morgan fingerprint density at radius 1 is 1.12 bits per heavy atom. The third kappa shape index (κ3) is 4.49. The summed E-state index contributed by atoms with van der Waals surface area (Å²) in [5, 5.41) is 11.2. The van der Waals surface area contributed by atoms with Gasteiger partial charge in [0.2, 0.25) is 0 Å². The standard InChI is InChI=1S/C26H31NO5/c1-6-13-27-23(19-9-7-8-10-21(19)31-5)22(25(29)26(27)30)24(28)18-11-12-20(17(4)14-18)32-15-16(2)3/h7-12,14,16,23,28H,6,13,15H2,1-5H3/b24-22+. The van der Waals surface area contributed by atoms with Gasteiger partial charge in [-0.15, -0.1) is 0 Å². The quantitative estimate of drug-likeness (QED) is 0.362. The number of carbonyl (C=O) groups is 2. The molecule has 0 saturated carbocycles. The Morgan fingerprint density at radius 2 is 1.84 bits per heavy atom. The molecule has 1 N–H and O–H groups in total. The molecule has 1 fully saturated rings. The number of ketones is 1. The zero-order chi connectivity index (χ0) is 23.4. The Hall–Kier alpha value is -3.28. The molecule has 1 amide bonds. The summed E-state index contributed by atoms with van der Waals surface area (Å²) in [6.07, 6.45) is 0.680. The minimum atomic E-state index is -0.719. The molecule has 3 rings (SSSR count). The second-order valence-electron chi connectivity index (χ2n) is 8.42. The minimum Gasteiger partial charge on any atom is -0.507 e. The lowest BCUT2D eigenvalue weighted by molar-refractivity contribution is -0.139. The molecule has 1 saturated heterocycles. The summed E-state index contributed by atoms with van der Waals surface area (Å²) in [4.78, 5) is 27.4. The molecule has 1 aliphatic rings. The molecule has 2 aromatic carbocycles. The topological polar surface area (TPSA) is 76.1 Å². The van der Waals surface area contributed by atoms with Crippen LogP contribution in [0.3, 0.4) is 0 Å². The van der Waals surface area contributed by atoms with Gasteiger partial charge >= 0.3 is 0 Å². The van der Waals surface area contributed by atoms with Crippen molar-refractivity contribution in [1.29, 1.82) is 0 Å². The smallest absolute Gasteiger partial charge is 0.295 e. The van der Waals surface area contributed by atoms with Gasteiger partial charge in [-0.1, -0.05) is 39.0 Å². The van der Waals surface area contributed by atoms with E-state index in [2.05, 4.69) is 13.8 Å². The van der Waals surface area contributed by atoms with Crippen molar-refractivity contribution in [1.82, 2.24) is 4.90 Å². The Kier molecular flexibility index (Phi) is 7.23. The number of rotatable bonds is 8. The van der Waals surface area contributed by atoms with Crippen LogP contribution in [0.5, 0.6) is 11.5 Å². The number of para-hydroxylation sites is 1.